The molecule has 0 bridgehead atoms. The normalized spacial score (nSPS) is 14.9. The largest absolute Gasteiger partial charge is 0.481 e. The Balaban J connectivity index is 1.27. The number of ether oxygens (including phenoxy) is 2. The van der Waals surface area contributed by atoms with Crippen molar-refractivity contribution in [1.29, 1.82) is 0 Å². The number of nitrogens with one attached hydrogen (secondary N) is 3. The molecule has 260 valence electrons. The highest BCUT2D eigenvalue weighted by Crippen LogP contribution is 2.42. The summed E-state index contributed by atoms with van der Waals surface area (Å²) in [7, 11) is 4.54. The van der Waals surface area contributed by atoms with E-state index in [2.05, 4.69) is 21.0 Å². The Kier molecular flexibility index (Phi) is 10.5. The molecule has 1 aliphatic rings. The van der Waals surface area contributed by atoms with Crippen LogP contribution >= 0.6 is 23.2 Å². The lowest BCUT2D eigenvalue weighted by molar-refractivity contribution is -0.142. The number of benzene rings is 2. The van der Waals surface area contributed by atoms with Gasteiger partial charge in [0.25, 0.3) is 5.56 Å². The predicted octanol–water partition coefficient (Wildman–Crippen LogP) is 4.76. The molecule has 14 heteroatoms. The maximum atomic E-state index is 13.3. The summed E-state index contributed by atoms with van der Waals surface area (Å²) in [4.78, 5) is 41.4. The number of carbonyl (C=O) groups excluding carboxylic acids is 2. The number of carbonyl (C=O) groups is 2. The van der Waals surface area contributed by atoms with Gasteiger partial charge in [-0.05, 0) is 25.5 Å². The molecule has 2 atom stereocenters. The molecule has 2 aromatic carbocycles. The number of hydrogen-bond donors (Lipinski definition) is 3. The Morgan fingerprint density at radius 2 is 1.72 bits per heavy atom. The molecule has 6 rings (SSSR count). The molecule has 0 unspecified atom stereocenters. The van der Waals surface area contributed by atoms with E-state index >= 15 is 0 Å². The second-order valence-corrected chi connectivity index (χ2v) is 12.9. The number of pyridine rings is 1. The molecule has 0 spiro atoms. The molecule has 1 amide bonds. The van der Waals surface area contributed by atoms with Crippen molar-refractivity contribution in [3.63, 3.8) is 0 Å². The maximum Gasteiger partial charge on any atom is 0.322 e. The van der Waals surface area contributed by atoms with Gasteiger partial charge in [-0.2, -0.15) is 5.10 Å². The number of hydrogen-bond acceptors (Lipinski definition) is 9. The number of amides is 1. The van der Waals surface area contributed by atoms with Crippen LogP contribution in [0.25, 0.3) is 39.0 Å². The molecule has 5 aromatic rings. The number of fused-ring (bicyclic) bond motifs is 1. The fourth-order valence-corrected chi connectivity index (χ4v) is 6.68. The van der Waals surface area contributed by atoms with Crippen LogP contribution in [0.1, 0.15) is 31.2 Å². The van der Waals surface area contributed by atoms with Crippen molar-refractivity contribution in [1.82, 2.24) is 35.1 Å². The lowest BCUT2D eigenvalue weighted by Crippen LogP contribution is -2.37. The monoisotopic (exact) mass is 717 g/mol. The van der Waals surface area contributed by atoms with E-state index < -0.39 is 12.0 Å². The Hall–Kier alpha value is -4.75. The fourth-order valence-electron chi connectivity index (χ4n) is 6.02. The van der Waals surface area contributed by atoms with Gasteiger partial charge in [-0.15, -0.1) is 0 Å². The van der Waals surface area contributed by atoms with Crippen molar-refractivity contribution in [2.24, 2.45) is 7.05 Å². The van der Waals surface area contributed by atoms with Crippen LogP contribution in [0.2, 0.25) is 10.0 Å². The molecule has 12 nitrogen and oxygen atoms in total. The van der Waals surface area contributed by atoms with E-state index in [0.29, 0.717) is 80.3 Å². The van der Waals surface area contributed by atoms with Gasteiger partial charge in [0.2, 0.25) is 11.8 Å². The summed E-state index contributed by atoms with van der Waals surface area (Å²) in [6, 6.07) is 16.5. The number of aromatic nitrogens is 4. The number of esters is 1. The van der Waals surface area contributed by atoms with E-state index in [1.54, 1.807) is 33.3 Å². The zero-order valence-corrected chi connectivity index (χ0v) is 29.6. The molecule has 0 radical (unpaired) electrons. The van der Waals surface area contributed by atoms with Gasteiger partial charge >= 0.3 is 5.97 Å². The average Bonchev–Trinajstić information content (AvgIpc) is 3.75. The highest BCUT2D eigenvalue weighted by molar-refractivity contribution is 6.39. The molecule has 3 N–H and O–H groups in total. The first-order valence-electron chi connectivity index (χ1n) is 16.1. The van der Waals surface area contributed by atoms with Gasteiger partial charge in [0.1, 0.15) is 17.4 Å². The molecule has 3 aromatic heterocycles. The highest BCUT2D eigenvalue weighted by Gasteiger charge is 2.22. The van der Waals surface area contributed by atoms with Gasteiger partial charge in [0.05, 0.1) is 36.5 Å². The van der Waals surface area contributed by atoms with Gasteiger partial charge in [0, 0.05) is 72.2 Å². The van der Waals surface area contributed by atoms with Crippen LogP contribution in [-0.4, -0.2) is 63.9 Å². The third-order valence-corrected chi connectivity index (χ3v) is 9.67. The molecule has 0 saturated carbocycles. The van der Waals surface area contributed by atoms with Crippen LogP contribution in [0.5, 0.6) is 5.88 Å². The third-order valence-electron chi connectivity index (χ3n) is 8.85. The average molecular weight is 719 g/mol. The summed E-state index contributed by atoms with van der Waals surface area (Å²) in [6.45, 7) is 3.05. The summed E-state index contributed by atoms with van der Waals surface area (Å²) >= 11 is 14.2. The summed E-state index contributed by atoms with van der Waals surface area (Å²) in [5.74, 6) is 0.593. The number of rotatable bonds is 12. The Labute approximate surface area is 298 Å². The van der Waals surface area contributed by atoms with Crippen LogP contribution in [0, 0.1) is 0 Å². The van der Waals surface area contributed by atoms with Crippen molar-refractivity contribution in [2.45, 2.75) is 44.9 Å². The number of halogens is 2. The summed E-state index contributed by atoms with van der Waals surface area (Å²) in [5, 5.41) is 14.9. The first-order valence-corrected chi connectivity index (χ1v) is 16.9. The topological polar surface area (TPSA) is 141 Å². The van der Waals surface area contributed by atoms with Crippen molar-refractivity contribution >= 4 is 40.6 Å². The molecule has 50 heavy (non-hydrogen) atoms. The Morgan fingerprint density at radius 3 is 2.40 bits per heavy atom. The second kappa shape index (κ2) is 15.0. The highest BCUT2D eigenvalue weighted by atomic mass is 35.5. The van der Waals surface area contributed by atoms with E-state index in [4.69, 9.17) is 37.7 Å². The smallest absolute Gasteiger partial charge is 0.322 e. The third kappa shape index (κ3) is 7.10. The lowest BCUT2D eigenvalue weighted by Gasteiger charge is -2.15. The van der Waals surface area contributed by atoms with Crippen LogP contribution in [0.3, 0.4) is 0 Å². The predicted molar refractivity (Wildman–Crippen MR) is 192 cm³/mol. The second-order valence-electron chi connectivity index (χ2n) is 12.1. The molecule has 1 aliphatic heterocycles. The molecule has 4 heterocycles. The van der Waals surface area contributed by atoms with Gasteiger partial charge in [-0.3, -0.25) is 24.3 Å². The Bertz CT molecular complexity index is 2150. The molecule has 1 fully saturated rings. The van der Waals surface area contributed by atoms with Crippen molar-refractivity contribution in [3.05, 3.63) is 92.6 Å². The maximum absolute atomic E-state index is 13.3. The standard InChI is InChI=1S/C36H37Cl2N7O5/c1-20(36(48)50-4)40-18-30-43-45-19-22(15-29(45)35(47)44(30)2)24-7-5-8-25(32(24)37)26-9-6-10-27(33(26)38)28-13-11-21(34(42-28)49-3)16-39-17-23-12-14-31(46)41-23/h5-11,13,15,19-20,23,39-40H,12,14,16-18H2,1-4H3,(H,41,46)/t20-,23-/m1/s1. The fraction of sp³-hybridized carbons (Fsp3) is 0.306. The minimum absolute atomic E-state index is 0.0861. The summed E-state index contributed by atoms with van der Waals surface area (Å²) in [6.07, 6.45) is 3.13. The van der Waals surface area contributed by atoms with E-state index in [1.165, 1.54) is 16.2 Å². The number of nitrogens with zero attached hydrogens (tertiary/aromatic N) is 4. The quantitative estimate of drug-likeness (QED) is 0.156. The Morgan fingerprint density at radius 1 is 1.02 bits per heavy atom. The van der Waals surface area contributed by atoms with E-state index in [9.17, 15) is 14.4 Å². The minimum Gasteiger partial charge on any atom is -0.481 e. The number of methoxy groups -OCH3 is 2. The first-order chi connectivity index (χ1) is 24.1. The van der Waals surface area contributed by atoms with Crippen LogP contribution in [-0.2, 0) is 34.5 Å². The van der Waals surface area contributed by atoms with Gasteiger partial charge in [-0.25, -0.2) is 9.50 Å². The van der Waals surface area contributed by atoms with Gasteiger partial charge < -0.3 is 20.1 Å². The zero-order valence-electron chi connectivity index (χ0n) is 28.0. The molecular weight excluding hydrogens is 681 g/mol. The molecular formula is C36H37Cl2N7O5. The molecule has 1 saturated heterocycles. The summed E-state index contributed by atoms with van der Waals surface area (Å²) in [5.41, 5.74) is 5.18. The zero-order chi connectivity index (χ0) is 35.5. The lowest BCUT2D eigenvalue weighted by atomic mass is 9.97. The van der Waals surface area contributed by atoms with Crippen molar-refractivity contribution in [3.8, 4) is 39.4 Å². The van der Waals surface area contributed by atoms with Gasteiger partial charge in [0.15, 0.2) is 0 Å². The SMILES string of the molecule is COC(=O)[C@@H](C)NCc1nn2cc(-c3cccc(-c4cccc(-c5ccc(CNC[C@H]6CCC(=O)N6)c(OC)n5)c4Cl)c3Cl)cc2c(=O)n1C. The van der Waals surface area contributed by atoms with E-state index in [-0.39, 0.29) is 24.1 Å². The van der Waals surface area contributed by atoms with Crippen molar-refractivity contribution in [2.75, 3.05) is 20.8 Å². The molecule has 0 aliphatic carbocycles. The van der Waals surface area contributed by atoms with Crippen LogP contribution < -0.4 is 26.2 Å². The first kappa shape index (κ1) is 35.1. The summed E-state index contributed by atoms with van der Waals surface area (Å²) < 4.78 is 13.4. The van der Waals surface area contributed by atoms with Crippen LogP contribution in [0.4, 0.5) is 0 Å². The van der Waals surface area contributed by atoms with Crippen LogP contribution in [0.15, 0.2) is 65.6 Å². The van der Waals surface area contributed by atoms with E-state index in [1.807, 2.05) is 48.5 Å². The minimum atomic E-state index is -0.571. The van der Waals surface area contributed by atoms with E-state index in [0.717, 1.165) is 12.0 Å². The van der Waals surface area contributed by atoms with Gasteiger partial charge in [-0.1, -0.05) is 65.7 Å². The van der Waals surface area contributed by atoms with Crippen molar-refractivity contribution < 1.29 is 19.1 Å².